The fraction of sp³-hybridized carbons (Fsp3) is 0.944. The topological polar surface area (TPSA) is 104 Å². The van der Waals surface area contributed by atoms with Gasteiger partial charge in [0.15, 0.2) is 0 Å². The zero-order chi connectivity index (χ0) is 18.8. The number of rotatable bonds is 19. The Bertz CT molecular complexity index is 412. The summed E-state index contributed by atoms with van der Waals surface area (Å²) in [6.45, 7) is 0.854. The van der Waals surface area contributed by atoms with Gasteiger partial charge in [-0.3, -0.25) is 9.35 Å². The summed E-state index contributed by atoms with van der Waals surface area (Å²) in [7, 11) is -3.77. The first-order chi connectivity index (χ1) is 11.9. The van der Waals surface area contributed by atoms with Gasteiger partial charge in [-0.25, -0.2) is 0 Å². The van der Waals surface area contributed by atoms with Gasteiger partial charge in [0.2, 0.25) is 0 Å². The van der Waals surface area contributed by atoms with Crippen molar-refractivity contribution in [3.63, 3.8) is 0 Å². The van der Waals surface area contributed by atoms with E-state index < -0.39 is 16.1 Å². The predicted molar refractivity (Wildman–Crippen MR) is 102 cm³/mol. The minimum atomic E-state index is -3.77. The number of carbonyl (C=O) groups is 1. The van der Waals surface area contributed by atoms with Crippen molar-refractivity contribution in [1.29, 1.82) is 0 Å². The summed E-state index contributed by atoms with van der Waals surface area (Å²) in [5.41, 5.74) is 0. The Kier molecular flexibility index (Phi) is 16.3. The molecule has 0 aliphatic rings. The molecular formula is C18H37NO5S. The van der Waals surface area contributed by atoms with Crippen molar-refractivity contribution in [3.05, 3.63) is 0 Å². The van der Waals surface area contributed by atoms with Crippen LogP contribution in [0.3, 0.4) is 0 Å². The van der Waals surface area contributed by atoms with Gasteiger partial charge in [0.05, 0.1) is 12.3 Å². The molecule has 0 heterocycles. The molecule has 0 unspecified atom stereocenters. The maximum Gasteiger partial charge on any atom is 0.317 e. The van der Waals surface area contributed by atoms with Crippen LogP contribution in [0, 0.1) is 0 Å². The predicted octanol–water partition coefficient (Wildman–Crippen LogP) is 4.01. The van der Waals surface area contributed by atoms with Crippen LogP contribution in [0.1, 0.15) is 89.9 Å². The lowest BCUT2D eigenvalue weighted by atomic mass is 10.0. The molecule has 0 aromatic rings. The Morgan fingerprint density at radius 3 is 1.40 bits per heavy atom. The second-order valence-electron chi connectivity index (χ2n) is 6.81. The minimum absolute atomic E-state index is 0.0601. The maximum atomic E-state index is 10.5. The van der Waals surface area contributed by atoms with Gasteiger partial charge in [-0.2, -0.15) is 8.42 Å². The molecule has 25 heavy (non-hydrogen) atoms. The monoisotopic (exact) mass is 379 g/mol. The van der Waals surface area contributed by atoms with Crippen molar-refractivity contribution < 1.29 is 22.9 Å². The fourth-order valence-corrected chi connectivity index (χ4v) is 3.42. The van der Waals surface area contributed by atoms with Crippen molar-refractivity contribution in [2.24, 2.45) is 0 Å². The normalized spacial score (nSPS) is 11.7. The summed E-state index contributed by atoms with van der Waals surface area (Å²) in [5.74, 6) is -0.900. The first kappa shape index (κ1) is 24.3. The van der Waals surface area contributed by atoms with E-state index in [1.807, 2.05) is 0 Å². The Morgan fingerprint density at radius 1 is 0.680 bits per heavy atom. The quantitative estimate of drug-likeness (QED) is 0.231. The standard InChI is InChI=1S/C18H37NO5S/c20-18(21)17-19-15-13-11-9-7-5-3-1-2-4-6-8-10-12-14-16-25(22,23)24/h19H,1-17H2,(H,20,21)(H,22,23,24). The average molecular weight is 380 g/mol. The molecule has 0 atom stereocenters. The van der Waals surface area contributed by atoms with E-state index in [0.29, 0.717) is 6.42 Å². The number of hydrogen-bond donors (Lipinski definition) is 3. The fourth-order valence-electron chi connectivity index (χ4n) is 2.85. The van der Waals surface area contributed by atoms with E-state index in [9.17, 15) is 13.2 Å². The van der Waals surface area contributed by atoms with Crippen LogP contribution >= 0.6 is 0 Å². The second kappa shape index (κ2) is 16.8. The van der Waals surface area contributed by atoms with Crippen LogP contribution in [0.15, 0.2) is 0 Å². The Balaban J connectivity index is 3.06. The highest BCUT2D eigenvalue weighted by molar-refractivity contribution is 7.85. The number of carboxylic acid groups (broad SMARTS) is 1. The van der Waals surface area contributed by atoms with Crippen LogP contribution in [-0.2, 0) is 14.9 Å². The van der Waals surface area contributed by atoms with E-state index in [2.05, 4.69) is 5.32 Å². The van der Waals surface area contributed by atoms with Crippen LogP contribution in [0.25, 0.3) is 0 Å². The van der Waals surface area contributed by atoms with Gasteiger partial charge in [-0.15, -0.1) is 0 Å². The molecule has 0 radical (unpaired) electrons. The summed E-state index contributed by atoms with van der Waals surface area (Å²) in [4.78, 5) is 10.3. The van der Waals surface area contributed by atoms with Gasteiger partial charge < -0.3 is 10.4 Å². The van der Waals surface area contributed by atoms with E-state index >= 15 is 0 Å². The average Bonchev–Trinajstić information content (AvgIpc) is 2.52. The smallest absolute Gasteiger partial charge is 0.317 e. The van der Waals surface area contributed by atoms with Gasteiger partial charge in [0.25, 0.3) is 10.1 Å². The van der Waals surface area contributed by atoms with E-state index in [0.717, 1.165) is 32.2 Å². The van der Waals surface area contributed by atoms with E-state index in [1.165, 1.54) is 57.8 Å². The molecule has 0 aromatic carbocycles. The van der Waals surface area contributed by atoms with Gasteiger partial charge in [-0.1, -0.05) is 77.0 Å². The summed E-state index contributed by atoms with van der Waals surface area (Å²) >= 11 is 0. The Hall–Kier alpha value is -0.660. The largest absolute Gasteiger partial charge is 0.480 e. The number of unbranched alkanes of at least 4 members (excludes halogenated alkanes) is 13. The second-order valence-corrected chi connectivity index (χ2v) is 8.38. The third kappa shape index (κ3) is 23.3. The van der Waals surface area contributed by atoms with Crippen molar-refractivity contribution >= 4 is 16.1 Å². The van der Waals surface area contributed by atoms with Crippen LogP contribution in [-0.4, -0.2) is 42.9 Å². The van der Waals surface area contributed by atoms with Crippen LogP contribution < -0.4 is 5.32 Å². The van der Waals surface area contributed by atoms with Crippen LogP contribution in [0.4, 0.5) is 0 Å². The van der Waals surface area contributed by atoms with Crippen molar-refractivity contribution in [1.82, 2.24) is 5.32 Å². The molecule has 0 bridgehead atoms. The van der Waals surface area contributed by atoms with Gasteiger partial charge in [-0.05, 0) is 19.4 Å². The van der Waals surface area contributed by atoms with Crippen molar-refractivity contribution in [2.45, 2.75) is 89.9 Å². The molecule has 0 saturated heterocycles. The molecule has 7 heteroatoms. The molecule has 0 saturated carbocycles. The van der Waals surface area contributed by atoms with E-state index in [1.54, 1.807) is 0 Å². The Labute approximate surface area is 153 Å². The molecule has 150 valence electrons. The lowest BCUT2D eigenvalue weighted by Gasteiger charge is -2.04. The Morgan fingerprint density at radius 2 is 1.04 bits per heavy atom. The first-order valence-electron chi connectivity index (χ1n) is 9.79. The molecule has 0 aliphatic heterocycles. The highest BCUT2D eigenvalue weighted by Gasteiger charge is 2.02. The SMILES string of the molecule is O=C(O)CNCCCCCCCCCCCCCCCCS(=O)(=O)O. The van der Waals surface area contributed by atoms with Gasteiger partial charge in [0, 0.05) is 0 Å². The number of hydrogen-bond acceptors (Lipinski definition) is 4. The molecule has 0 rings (SSSR count). The van der Waals surface area contributed by atoms with Crippen molar-refractivity contribution in [3.8, 4) is 0 Å². The first-order valence-corrected chi connectivity index (χ1v) is 11.4. The molecule has 0 aromatic heterocycles. The van der Waals surface area contributed by atoms with Crippen molar-refractivity contribution in [2.75, 3.05) is 18.8 Å². The highest BCUT2D eigenvalue weighted by Crippen LogP contribution is 2.13. The molecule has 0 amide bonds. The van der Waals surface area contributed by atoms with Crippen LogP contribution in [0.2, 0.25) is 0 Å². The lowest BCUT2D eigenvalue weighted by Crippen LogP contribution is -2.23. The summed E-state index contributed by atoms with van der Waals surface area (Å²) < 4.78 is 29.7. The summed E-state index contributed by atoms with van der Waals surface area (Å²) in [6.07, 6.45) is 16.0. The lowest BCUT2D eigenvalue weighted by molar-refractivity contribution is -0.135. The number of aliphatic carboxylic acids is 1. The molecule has 0 spiro atoms. The van der Waals surface area contributed by atoms with Crippen LogP contribution in [0.5, 0.6) is 0 Å². The van der Waals surface area contributed by atoms with E-state index in [4.69, 9.17) is 9.66 Å². The third-order valence-corrected chi connectivity index (χ3v) is 5.09. The third-order valence-electron chi connectivity index (χ3n) is 4.28. The minimum Gasteiger partial charge on any atom is -0.480 e. The molecule has 0 aliphatic carbocycles. The maximum absolute atomic E-state index is 10.5. The molecular weight excluding hydrogens is 342 g/mol. The molecule has 3 N–H and O–H groups in total. The van der Waals surface area contributed by atoms with Gasteiger partial charge >= 0.3 is 5.97 Å². The number of nitrogens with one attached hydrogen (secondary N) is 1. The zero-order valence-electron chi connectivity index (χ0n) is 15.5. The zero-order valence-corrected chi connectivity index (χ0v) is 16.4. The summed E-state index contributed by atoms with van der Waals surface area (Å²) in [5, 5.41) is 11.4. The number of carboxylic acids is 1. The highest BCUT2D eigenvalue weighted by atomic mass is 32.2. The summed E-state index contributed by atoms with van der Waals surface area (Å²) in [6, 6.07) is 0. The van der Waals surface area contributed by atoms with Gasteiger partial charge in [0.1, 0.15) is 0 Å². The molecule has 6 nitrogen and oxygen atoms in total. The molecule has 0 fully saturated rings. The van der Waals surface area contributed by atoms with E-state index in [-0.39, 0.29) is 12.3 Å².